The summed E-state index contributed by atoms with van der Waals surface area (Å²) in [6.07, 6.45) is 0.881. The summed E-state index contributed by atoms with van der Waals surface area (Å²) in [5.74, 6) is -0.903. The molecule has 3 nitrogen and oxygen atoms in total. The lowest BCUT2D eigenvalue weighted by atomic mass is 10.0. The van der Waals surface area contributed by atoms with Crippen molar-refractivity contribution < 1.29 is 9.18 Å². The fourth-order valence-corrected chi connectivity index (χ4v) is 3.82. The lowest BCUT2D eigenvalue weighted by molar-refractivity contribution is 0.100. The van der Waals surface area contributed by atoms with Crippen molar-refractivity contribution in [1.29, 1.82) is 0 Å². The van der Waals surface area contributed by atoms with Crippen molar-refractivity contribution in [2.45, 2.75) is 19.9 Å². The van der Waals surface area contributed by atoms with Crippen molar-refractivity contribution in [2.24, 2.45) is 5.73 Å². The van der Waals surface area contributed by atoms with E-state index in [1.807, 2.05) is 22.8 Å². The second-order valence-corrected chi connectivity index (χ2v) is 6.98. The average Bonchev–Trinajstić information content (AvgIpc) is 2.98. The minimum Gasteiger partial charge on any atom is -0.366 e. The van der Waals surface area contributed by atoms with Gasteiger partial charge in [-0.15, -0.1) is 0 Å². The number of rotatable bonds is 4. The Labute approximate surface area is 161 Å². The van der Waals surface area contributed by atoms with Gasteiger partial charge in [0, 0.05) is 27.4 Å². The number of nitrogens with zero attached hydrogens (tertiary/aromatic N) is 1. The number of hydrogen-bond donors (Lipinski definition) is 1. The van der Waals surface area contributed by atoms with E-state index in [0.29, 0.717) is 17.7 Å². The lowest BCUT2D eigenvalue weighted by Gasteiger charge is -2.10. The van der Waals surface area contributed by atoms with E-state index in [1.165, 1.54) is 11.6 Å². The maximum absolute atomic E-state index is 14.5. The predicted octanol–water partition coefficient (Wildman–Crippen LogP) is 5.30. The molecule has 5 heteroatoms. The topological polar surface area (TPSA) is 48.0 Å². The lowest BCUT2D eigenvalue weighted by Crippen LogP contribution is -2.11. The average molecular weight is 381 g/mol. The van der Waals surface area contributed by atoms with Crippen molar-refractivity contribution in [1.82, 2.24) is 4.57 Å². The van der Waals surface area contributed by atoms with E-state index in [4.69, 9.17) is 17.3 Å². The number of nitrogens with two attached hydrogens (primary N) is 1. The fraction of sp³-hybridized carbons (Fsp3) is 0.136. The monoisotopic (exact) mass is 380 g/mol. The number of fused-ring (bicyclic) bond motifs is 3. The summed E-state index contributed by atoms with van der Waals surface area (Å²) in [4.78, 5) is 12.0. The molecule has 2 N–H and O–H groups in total. The van der Waals surface area contributed by atoms with Crippen LogP contribution in [0.2, 0.25) is 5.02 Å². The molecule has 0 aliphatic heterocycles. The largest absolute Gasteiger partial charge is 0.366 e. The van der Waals surface area contributed by atoms with Gasteiger partial charge in [-0.3, -0.25) is 4.79 Å². The van der Waals surface area contributed by atoms with E-state index in [-0.39, 0.29) is 5.02 Å². The van der Waals surface area contributed by atoms with Crippen molar-refractivity contribution in [3.63, 3.8) is 0 Å². The molecule has 0 atom stereocenters. The molecule has 0 saturated carbocycles. The fourth-order valence-electron chi connectivity index (χ4n) is 3.63. The number of amides is 1. The van der Waals surface area contributed by atoms with E-state index >= 15 is 0 Å². The molecule has 3 aromatic carbocycles. The van der Waals surface area contributed by atoms with Gasteiger partial charge in [-0.05, 0) is 36.2 Å². The number of halogens is 2. The van der Waals surface area contributed by atoms with Gasteiger partial charge in [-0.1, -0.05) is 48.9 Å². The summed E-state index contributed by atoms with van der Waals surface area (Å²) in [5.41, 5.74) is 9.51. The molecule has 0 aliphatic rings. The normalized spacial score (nSPS) is 11.4. The summed E-state index contributed by atoms with van der Waals surface area (Å²) in [6.45, 7) is 2.39. The quantitative estimate of drug-likeness (QED) is 0.513. The Morgan fingerprint density at radius 3 is 2.63 bits per heavy atom. The van der Waals surface area contributed by atoms with Crippen LogP contribution in [0.3, 0.4) is 0 Å². The Morgan fingerprint density at radius 1 is 1.11 bits per heavy atom. The smallest absolute Gasteiger partial charge is 0.249 e. The Morgan fingerprint density at radius 2 is 1.89 bits per heavy atom. The van der Waals surface area contributed by atoms with Gasteiger partial charge in [0.05, 0.1) is 17.1 Å². The molecule has 136 valence electrons. The highest BCUT2D eigenvalue weighted by molar-refractivity contribution is 6.30. The van der Waals surface area contributed by atoms with Crippen LogP contribution in [0.5, 0.6) is 0 Å². The van der Waals surface area contributed by atoms with Crippen molar-refractivity contribution in [3.8, 4) is 0 Å². The molecule has 4 aromatic rings. The third-order valence-electron chi connectivity index (χ3n) is 4.99. The first-order chi connectivity index (χ1) is 13.0. The van der Waals surface area contributed by atoms with Gasteiger partial charge in [-0.25, -0.2) is 4.39 Å². The first kappa shape index (κ1) is 17.6. The van der Waals surface area contributed by atoms with Crippen LogP contribution < -0.4 is 5.73 Å². The molecule has 27 heavy (non-hydrogen) atoms. The van der Waals surface area contributed by atoms with E-state index in [9.17, 15) is 9.18 Å². The number of benzene rings is 3. The van der Waals surface area contributed by atoms with Crippen LogP contribution in [0, 0.1) is 5.82 Å². The zero-order chi connectivity index (χ0) is 19.1. The van der Waals surface area contributed by atoms with Crippen molar-refractivity contribution in [2.75, 3.05) is 0 Å². The third-order valence-corrected chi connectivity index (χ3v) is 5.28. The second kappa shape index (κ2) is 6.71. The molecule has 0 saturated heterocycles. The summed E-state index contributed by atoms with van der Waals surface area (Å²) in [5, 5.41) is 1.82. The van der Waals surface area contributed by atoms with Gasteiger partial charge < -0.3 is 10.3 Å². The summed E-state index contributed by atoms with van der Waals surface area (Å²) in [6, 6.07) is 16.6. The van der Waals surface area contributed by atoms with Crippen molar-refractivity contribution >= 4 is 39.3 Å². The summed E-state index contributed by atoms with van der Waals surface area (Å²) < 4.78 is 16.5. The van der Waals surface area contributed by atoms with Gasteiger partial charge in [0.1, 0.15) is 5.82 Å². The van der Waals surface area contributed by atoms with E-state index in [0.717, 1.165) is 28.2 Å². The number of primary amides is 1. The standard InChI is InChI=1S/C22H18ClFN2O/c1-2-13-9-10-15-19(11-13)26(12-14-5-3-7-17(23)21(14)24)18-8-4-6-16(20(15)18)22(25)27/h3-11H,2,12H2,1H3,(H2,25,27). The molecule has 0 radical (unpaired) electrons. The first-order valence-electron chi connectivity index (χ1n) is 8.77. The van der Waals surface area contributed by atoms with Crippen LogP contribution >= 0.6 is 11.6 Å². The first-order valence-corrected chi connectivity index (χ1v) is 9.15. The van der Waals surface area contributed by atoms with Gasteiger partial charge >= 0.3 is 0 Å². The minimum atomic E-state index is -0.479. The zero-order valence-electron chi connectivity index (χ0n) is 14.8. The molecule has 1 amide bonds. The molecular weight excluding hydrogens is 363 g/mol. The Hall–Kier alpha value is -2.85. The second-order valence-electron chi connectivity index (χ2n) is 6.57. The number of hydrogen-bond acceptors (Lipinski definition) is 1. The molecule has 1 heterocycles. The van der Waals surface area contributed by atoms with E-state index in [2.05, 4.69) is 13.0 Å². The molecule has 0 bridgehead atoms. The molecule has 0 spiro atoms. The molecule has 4 rings (SSSR count). The van der Waals surface area contributed by atoms with Crippen LogP contribution in [0.1, 0.15) is 28.4 Å². The Balaban J connectivity index is 2.06. The maximum Gasteiger partial charge on any atom is 0.249 e. The molecule has 0 unspecified atom stereocenters. The van der Waals surface area contributed by atoms with Gasteiger partial charge in [-0.2, -0.15) is 0 Å². The van der Waals surface area contributed by atoms with Crippen LogP contribution in [-0.4, -0.2) is 10.5 Å². The summed E-state index contributed by atoms with van der Waals surface area (Å²) in [7, 11) is 0. The molecule has 1 aromatic heterocycles. The number of aryl methyl sites for hydroxylation is 1. The highest BCUT2D eigenvalue weighted by Crippen LogP contribution is 2.33. The Kier molecular flexibility index (Phi) is 4.36. The number of carbonyl (C=O) groups excluding carboxylic acids is 1. The summed E-state index contributed by atoms with van der Waals surface area (Å²) >= 11 is 5.96. The van der Waals surface area contributed by atoms with E-state index in [1.54, 1.807) is 24.3 Å². The van der Waals surface area contributed by atoms with Crippen LogP contribution in [-0.2, 0) is 13.0 Å². The number of aromatic nitrogens is 1. The number of carbonyl (C=O) groups is 1. The third kappa shape index (κ3) is 2.86. The van der Waals surface area contributed by atoms with E-state index < -0.39 is 11.7 Å². The minimum absolute atomic E-state index is 0.0975. The Bertz CT molecular complexity index is 1200. The van der Waals surface area contributed by atoms with Crippen LogP contribution in [0.15, 0.2) is 54.6 Å². The zero-order valence-corrected chi connectivity index (χ0v) is 15.6. The highest BCUT2D eigenvalue weighted by atomic mass is 35.5. The predicted molar refractivity (Wildman–Crippen MR) is 108 cm³/mol. The van der Waals surface area contributed by atoms with Gasteiger partial charge in [0.15, 0.2) is 0 Å². The van der Waals surface area contributed by atoms with Crippen LogP contribution in [0.25, 0.3) is 21.8 Å². The highest BCUT2D eigenvalue weighted by Gasteiger charge is 2.18. The molecule has 0 fully saturated rings. The molecule has 0 aliphatic carbocycles. The van der Waals surface area contributed by atoms with Gasteiger partial charge in [0.2, 0.25) is 5.91 Å². The van der Waals surface area contributed by atoms with Crippen molar-refractivity contribution in [3.05, 3.63) is 82.1 Å². The van der Waals surface area contributed by atoms with Gasteiger partial charge in [0.25, 0.3) is 0 Å². The maximum atomic E-state index is 14.5. The SMILES string of the molecule is CCc1ccc2c3c(C(N)=O)cccc3n(Cc3cccc(Cl)c3F)c2c1. The molecular formula is C22H18ClFN2O. The van der Waals surface area contributed by atoms with Crippen LogP contribution in [0.4, 0.5) is 4.39 Å².